The number of carboxylic acid groups (broad SMARTS) is 1. The van der Waals surface area contributed by atoms with Crippen LogP contribution < -0.4 is 0 Å². The SMILES string of the molecule is CCCCCCCCC=CCCCCCCCCCCCCCC(=O)OCCCCCCCCCCCCCCCCCCCCCCCCCCCCCCCCCCCC(=O)O. The summed E-state index contributed by atoms with van der Waals surface area (Å²) >= 11 is 0. The van der Waals surface area contributed by atoms with Gasteiger partial charge >= 0.3 is 11.9 Å². The summed E-state index contributed by atoms with van der Waals surface area (Å²) in [6.07, 6.45) is 76.2. The second-order valence-corrected chi connectivity index (χ2v) is 20.5. The zero-order chi connectivity index (χ0) is 46.2. The lowest BCUT2D eigenvalue weighted by Gasteiger charge is -2.06. The summed E-state index contributed by atoms with van der Waals surface area (Å²) < 4.78 is 5.51. The van der Waals surface area contributed by atoms with E-state index in [0.29, 0.717) is 19.4 Å². The summed E-state index contributed by atoms with van der Waals surface area (Å²) in [5.74, 6) is -0.625. The Morgan fingerprint density at radius 2 is 0.516 bits per heavy atom. The first-order valence-corrected chi connectivity index (χ1v) is 29.7. The van der Waals surface area contributed by atoms with Crippen molar-refractivity contribution in [3.63, 3.8) is 0 Å². The fourth-order valence-corrected chi connectivity index (χ4v) is 9.52. The number of unbranched alkanes of at least 4 members (excludes halogenated alkanes) is 49. The lowest BCUT2D eigenvalue weighted by atomic mass is 10.0. The summed E-state index contributed by atoms with van der Waals surface area (Å²) in [6, 6.07) is 0. The first kappa shape index (κ1) is 62.7. The molecule has 0 aromatic heterocycles. The normalized spacial score (nSPS) is 11.6. The van der Waals surface area contributed by atoms with Crippen molar-refractivity contribution in [2.45, 2.75) is 354 Å². The molecule has 380 valence electrons. The van der Waals surface area contributed by atoms with Crippen LogP contribution in [0, 0.1) is 0 Å². The van der Waals surface area contributed by atoms with Crippen molar-refractivity contribution >= 4 is 11.9 Å². The Morgan fingerprint density at radius 3 is 0.781 bits per heavy atom. The maximum atomic E-state index is 12.1. The molecule has 0 rings (SSSR count). The molecule has 4 nitrogen and oxygen atoms in total. The van der Waals surface area contributed by atoms with E-state index in [2.05, 4.69) is 19.1 Å². The predicted octanol–water partition coefficient (Wildman–Crippen LogP) is 21.3. The van der Waals surface area contributed by atoms with E-state index in [9.17, 15) is 9.59 Å². The summed E-state index contributed by atoms with van der Waals surface area (Å²) in [5.41, 5.74) is 0. The molecule has 0 saturated carbocycles. The number of carbonyl (C=O) groups excluding carboxylic acids is 1. The minimum absolute atomic E-state index is 0.0257. The Labute approximate surface area is 402 Å². The van der Waals surface area contributed by atoms with E-state index in [1.807, 2.05) is 0 Å². The fourth-order valence-electron chi connectivity index (χ4n) is 9.52. The molecule has 0 spiro atoms. The van der Waals surface area contributed by atoms with Crippen LogP contribution in [0.15, 0.2) is 12.2 Å². The van der Waals surface area contributed by atoms with Crippen molar-refractivity contribution in [2.24, 2.45) is 0 Å². The number of hydrogen-bond donors (Lipinski definition) is 1. The summed E-state index contributed by atoms with van der Waals surface area (Å²) in [6.45, 7) is 2.92. The van der Waals surface area contributed by atoms with Crippen LogP contribution in [-0.4, -0.2) is 23.7 Å². The highest BCUT2D eigenvalue weighted by Gasteiger charge is 2.04. The number of carbonyl (C=O) groups is 2. The van der Waals surface area contributed by atoms with Crippen molar-refractivity contribution in [2.75, 3.05) is 6.61 Å². The third-order valence-corrected chi connectivity index (χ3v) is 13.9. The quantitative estimate of drug-likeness (QED) is 0.0375. The molecule has 0 aliphatic heterocycles. The van der Waals surface area contributed by atoms with Gasteiger partial charge in [0.05, 0.1) is 6.61 Å². The van der Waals surface area contributed by atoms with Crippen LogP contribution in [0.1, 0.15) is 354 Å². The summed E-state index contributed by atoms with van der Waals surface area (Å²) in [4.78, 5) is 22.6. The van der Waals surface area contributed by atoms with E-state index in [1.54, 1.807) is 0 Å². The molecule has 0 bridgehead atoms. The second-order valence-electron chi connectivity index (χ2n) is 20.5. The first-order chi connectivity index (χ1) is 31.7. The van der Waals surface area contributed by atoms with Crippen LogP contribution in [0.5, 0.6) is 0 Å². The van der Waals surface area contributed by atoms with E-state index in [0.717, 1.165) is 25.7 Å². The van der Waals surface area contributed by atoms with Crippen LogP contribution in [0.25, 0.3) is 0 Å². The van der Waals surface area contributed by atoms with Crippen molar-refractivity contribution in [3.8, 4) is 0 Å². The molecule has 0 unspecified atom stereocenters. The van der Waals surface area contributed by atoms with Gasteiger partial charge in [0.25, 0.3) is 0 Å². The molecule has 0 amide bonds. The Kier molecular flexibility index (Phi) is 56.6. The molecule has 0 fully saturated rings. The summed E-state index contributed by atoms with van der Waals surface area (Å²) in [7, 11) is 0. The van der Waals surface area contributed by atoms with Gasteiger partial charge in [-0.25, -0.2) is 0 Å². The lowest BCUT2D eigenvalue weighted by Crippen LogP contribution is -2.05. The number of carboxylic acids is 1. The zero-order valence-corrected chi connectivity index (χ0v) is 43.7. The second kappa shape index (κ2) is 57.8. The van der Waals surface area contributed by atoms with Gasteiger partial charge in [-0.3, -0.25) is 9.59 Å². The minimum atomic E-state index is -0.651. The molecule has 0 heterocycles. The van der Waals surface area contributed by atoms with Crippen molar-refractivity contribution < 1.29 is 19.4 Å². The highest BCUT2D eigenvalue weighted by atomic mass is 16.5. The Balaban J connectivity index is 3.15. The third-order valence-electron chi connectivity index (χ3n) is 13.9. The molecule has 0 aromatic rings. The van der Waals surface area contributed by atoms with E-state index in [1.165, 1.54) is 308 Å². The first-order valence-electron chi connectivity index (χ1n) is 29.7. The van der Waals surface area contributed by atoms with E-state index in [4.69, 9.17) is 9.84 Å². The zero-order valence-electron chi connectivity index (χ0n) is 43.7. The van der Waals surface area contributed by atoms with Gasteiger partial charge in [-0.05, 0) is 44.9 Å². The maximum absolute atomic E-state index is 12.1. The van der Waals surface area contributed by atoms with Crippen molar-refractivity contribution in [1.29, 1.82) is 0 Å². The standard InChI is InChI=1S/C60H116O4/c1-2-3-4-5-6-7-8-9-10-11-12-26-30-33-36-39-42-45-48-51-54-57-60(63)64-58-55-52-49-46-43-40-37-34-31-28-25-23-21-19-17-15-13-14-16-18-20-22-24-27-29-32-35-38-41-44-47-50-53-56-59(61)62/h9-10H,2-8,11-58H2,1H3,(H,61,62). The van der Waals surface area contributed by atoms with Gasteiger partial charge in [0.2, 0.25) is 0 Å². The van der Waals surface area contributed by atoms with Gasteiger partial charge in [0, 0.05) is 12.8 Å². The molecule has 0 saturated heterocycles. The van der Waals surface area contributed by atoms with Gasteiger partial charge in [-0.2, -0.15) is 0 Å². The van der Waals surface area contributed by atoms with Crippen LogP contribution in [0.4, 0.5) is 0 Å². The monoisotopic (exact) mass is 901 g/mol. The van der Waals surface area contributed by atoms with Gasteiger partial charge in [-0.15, -0.1) is 0 Å². The van der Waals surface area contributed by atoms with Gasteiger partial charge in [0.15, 0.2) is 0 Å². The largest absolute Gasteiger partial charge is 0.481 e. The van der Waals surface area contributed by atoms with Crippen molar-refractivity contribution in [3.05, 3.63) is 12.2 Å². The van der Waals surface area contributed by atoms with Gasteiger partial charge in [0.1, 0.15) is 0 Å². The number of rotatable bonds is 57. The molecule has 0 aliphatic rings. The van der Waals surface area contributed by atoms with Crippen LogP contribution >= 0.6 is 0 Å². The number of allylic oxidation sites excluding steroid dienone is 2. The van der Waals surface area contributed by atoms with E-state index in [-0.39, 0.29) is 5.97 Å². The average Bonchev–Trinajstić information content (AvgIpc) is 3.29. The smallest absolute Gasteiger partial charge is 0.305 e. The Morgan fingerprint density at radius 1 is 0.297 bits per heavy atom. The fraction of sp³-hybridized carbons (Fsp3) is 0.933. The van der Waals surface area contributed by atoms with Crippen LogP contribution in [-0.2, 0) is 14.3 Å². The number of hydrogen-bond acceptors (Lipinski definition) is 3. The van der Waals surface area contributed by atoms with E-state index >= 15 is 0 Å². The Bertz CT molecular complexity index is 913. The van der Waals surface area contributed by atoms with Gasteiger partial charge < -0.3 is 9.84 Å². The maximum Gasteiger partial charge on any atom is 0.305 e. The van der Waals surface area contributed by atoms with Crippen LogP contribution in [0.3, 0.4) is 0 Å². The highest BCUT2D eigenvalue weighted by molar-refractivity contribution is 5.69. The molecule has 0 atom stereocenters. The topological polar surface area (TPSA) is 63.6 Å². The molecular formula is C60H116O4. The lowest BCUT2D eigenvalue weighted by molar-refractivity contribution is -0.144. The number of esters is 1. The predicted molar refractivity (Wildman–Crippen MR) is 283 cm³/mol. The molecule has 4 heteroatoms. The molecule has 0 radical (unpaired) electrons. The third kappa shape index (κ3) is 58.7. The molecule has 1 N–H and O–H groups in total. The number of aliphatic carboxylic acids is 1. The summed E-state index contributed by atoms with van der Waals surface area (Å²) in [5, 5.41) is 8.67. The molecular weight excluding hydrogens is 785 g/mol. The van der Waals surface area contributed by atoms with Gasteiger partial charge in [-0.1, -0.05) is 308 Å². The highest BCUT2D eigenvalue weighted by Crippen LogP contribution is 2.18. The van der Waals surface area contributed by atoms with E-state index < -0.39 is 5.97 Å². The number of ether oxygens (including phenoxy) is 1. The molecule has 0 aliphatic carbocycles. The van der Waals surface area contributed by atoms with Crippen LogP contribution in [0.2, 0.25) is 0 Å². The molecule has 64 heavy (non-hydrogen) atoms. The minimum Gasteiger partial charge on any atom is -0.481 e. The Hall–Kier alpha value is -1.32. The average molecular weight is 902 g/mol. The van der Waals surface area contributed by atoms with Crippen molar-refractivity contribution in [1.82, 2.24) is 0 Å². The molecule has 0 aromatic carbocycles.